The summed E-state index contributed by atoms with van der Waals surface area (Å²) in [5.41, 5.74) is -0.0708. The highest BCUT2D eigenvalue weighted by Crippen LogP contribution is 2.57. The molecule has 1 aliphatic carbocycles. The van der Waals surface area contributed by atoms with Crippen LogP contribution in [0.5, 0.6) is 0 Å². The first-order chi connectivity index (χ1) is 7.70. The third-order valence-electron chi connectivity index (χ3n) is 4.58. The minimum Gasteiger partial charge on any atom is -0.459 e. The number of fused-ring (bicyclic) bond motifs is 2. The number of rotatable bonds is 2. The summed E-state index contributed by atoms with van der Waals surface area (Å²) < 4.78 is 5.78. The lowest BCUT2D eigenvalue weighted by Crippen LogP contribution is -2.43. The van der Waals surface area contributed by atoms with Crippen LogP contribution in [0.2, 0.25) is 0 Å². The molecule has 1 saturated carbocycles. The van der Waals surface area contributed by atoms with Crippen molar-refractivity contribution in [2.75, 3.05) is 0 Å². The van der Waals surface area contributed by atoms with Gasteiger partial charge in [-0.05, 0) is 44.9 Å². The molecule has 16 heavy (non-hydrogen) atoms. The lowest BCUT2D eigenvalue weighted by Gasteiger charge is -2.38. The molecule has 0 aromatic carbocycles. The molecule has 0 amide bonds. The lowest BCUT2D eigenvalue weighted by molar-refractivity contribution is -0.163. The largest absolute Gasteiger partial charge is 0.459 e. The Morgan fingerprint density at radius 1 is 1.31 bits per heavy atom. The summed E-state index contributed by atoms with van der Waals surface area (Å²) >= 11 is 2.16. The number of hydrogen-bond donors (Lipinski definition) is 0. The van der Waals surface area contributed by atoms with Crippen molar-refractivity contribution >= 4 is 17.7 Å². The van der Waals surface area contributed by atoms with E-state index in [0.717, 1.165) is 23.3 Å². The van der Waals surface area contributed by atoms with E-state index >= 15 is 0 Å². The van der Waals surface area contributed by atoms with Gasteiger partial charge >= 0.3 is 5.97 Å². The van der Waals surface area contributed by atoms with Crippen LogP contribution in [0.25, 0.3) is 0 Å². The van der Waals surface area contributed by atoms with Gasteiger partial charge in [0.05, 0.1) is 0 Å². The predicted molar refractivity (Wildman–Crippen MR) is 65.5 cm³/mol. The fourth-order valence-corrected chi connectivity index (χ4v) is 5.91. The molecule has 3 aliphatic rings. The van der Waals surface area contributed by atoms with E-state index in [-0.39, 0.29) is 11.6 Å². The molecule has 0 N–H and O–H groups in total. The van der Waals surface area contributed by atoms with E-state index in [9.17, 15) is 4.79 Å². The van der Waals surface area contributed by atoms with Crippen LogP contribution < -0.4 is 0 Å². The summed E-state index contributed by atoms with van der Waals surface area (Å²) in [7, 11) is 0. The Labute approximate surface area is 101 Å². The molecular formula is C13H20O2S. The van der Waals surface area contributed by atoms with Crippen molar-refractivity contribution in [3.63, 3.8) is 0 Å². The summed E-state index contributed by atoms with van der Waals surface area (Å²) in [5, 5.41) is 1.64. The van der Waals surface area contributed by atoms with Gasteiger partial charge in [0.1, 0.15) is 5.60 Å². The van der Waals surface area contributed by atoms with E-state index in [1.54, 1.807) is 6.92 Å². The molecule has 2 heterocycles. The molecule has 3 heteroatoms. The molecule has 2 saturated heterocycles. The van der Waals surface area contributed by atoms with Gasteiger partial charge in [-0.3, -0.25) is 4.79 Å². The van der Waals surface area contributed by atoms with Crippen molar-refractivity contribution < 1.29 is 9.53 Å². The highest BCUT2D eigenvalue weighted by Gasteiger charge is 2.54. The van der Waals surface area contributed by atoms with E-state index in [0.29, 0.717) is 5.92 Å². The average molecular weight is 240 g/mol. The number of esters is 1. The standard InChI is InChI=1S/C13H20O2S/c1-9(14)15-13(6-2-3-7-13)11-8-10-4-5-12(11)16-10/h10-12H,2-8H2,1H3. The van der Waals surface area contributed by atoms with E-state index in [1.807, 2.05) is 0 Å². The number of ether oxygens (including phenoxy) is 1. The molecular weight excluding hydrogens is 220 g/mol. The van der Waals surface area contributed by atoms with Crippen molar-refractivity contribution in [2.24, 2.45) is 5.92 Å². The molecule has 3 atom stereocenters. The fourth-order valence-electron chi connectivity index (χ4n) is 4.00. The minimum atomic E-state index is -0.0744. The van der Waals surface area contributed by atoms with Crippen LogP contribution in [0, 0.1) is 5.92 Å². The Hall–Kier alpha value is -0.180. The van der Waals surface area contributed by atoms with Crippen molar-refractivity contribution in [1.29, 1.82) is 0 Å². The van der Waals surface area contributed by atoms with Crippen LogP contribution in [0.3, 0.4) is 0 Å². The monoisotopic (exact) mass is 240 g/mol. The van der Waals surface area contributed by atoms with Gasteiger partial charge in [0.25, 0.3) is 0 Å². The van der Waals surface area contributed by atoms with Crippen molar-refractivity contribution in [3.8, 4) is 0 Å². The summed E-state index contributed by atoms with van der Waals surface area (Å²) in [6, 6.07) is 0. The minimum absolute atomic E-state index is 0.0708. The lowest BCUT2D eigenvalue weighted by atomic mass is 9.75. The first-order valence-corrected chi connectivity index (χ1v) is 7.49. The quantitative estimate of drug-likeness (QED) is 0.694. The van der Waals surface area contributed by atoms with Crippen molar-refractivity contribution in [3.05, 3.63) is 0 Å². The molecule has 0 radical (unpaired) electrons. The van der Waals surface area contributed by atoms with Gasteiger partial charge in [0, 0.05) is 23.3 Å². The van der Waals surface area contributed by atoms with Crippen molar-refractivity contribution in [1.82, 2.24) is 0 Å². The first kappa shape index (κ1) is 10.9. The number of thioether (sulfide) groups is 1. The van der Waals surface area contributed by atoms with E-state index in [1.165, 1.54) is 32.1 Å². The Balaban J connectivity index is 1.80. The zero-order valence-corrected chi connectivity index (χ0v) is 10.7. The van der Waals surface area contributed by atoms with E-state index in [4.69, 9.17) is 4.74 Å². The molecule has 0 aromatic heterocycles. The summed E-state index contributed by atoms with van der Waals surface area (Å²) in [5.74, 6) is 0.581. The van der Waals surface area contributed by atoms with Crippen molar-refractivity contribution in [2.45, 2.75) is 68.0 Å². The van der Waals surface area contributed by atoms with Crippen LogP contribution in [0.4, 0.5) is 0 Å². The Bertz CT molecular complexity index is 296. The molecule has 3 fully saturated rings. The van der Waals surface area contributed by atoms with Gasteiger partial charge < -0.3 is 4.74 Å². The Morgan fingerprint density at radius 3 is 2.56 bits per heavy atom. The first-order valence-electron chi connectivity index (χ1n) is 6.55. The third-order valence-corrected chi connectivity index (χ3v) is 6.31. The fraction of sp³-hybridized carbons (Fsp3) is 0.923. The van der Waals surface area contributed by atoms with Gasteiger partial charge in [-0.15, -0.1) is 0 Å². The van der Waals surface area contributed by atoms with Gasteiger partial charge in [-0.25, -0.2) is 0 Å². The zero-order chi connectivity index (χ0) is 11.2. The number of carbonyl (C=O) groups excluding carboxylic acids is 1. The third kappa shape index (κ3) is 1.68. The second kappa shape index (κ2) is 3.94. The van der Waals surface area contributed by atoms with Crippen LogP contribution >= 0.6 is 11.8 Å². The molecule has 0 aromatic rings. The highest BCUT2D eigenvalue weighted by atomic mass is 32.2. The predicted octanol–water partition coefficient (Wildman–Crippen LogP) is 3.15. The van der Waals surface area contributed by atoms with E-state index < -0.39 is 0 Å². The maximum atomic E-state index is 11.3. The molecule has 2 aliphatic heterocycles. The second-order valence-corrected chi connectivity index (χ2v) is 7.13. The maximum Gasteiger partial charge on any atom is 0.303 e. The second-order valence-electron chi connectivity index (χ2n) is 5.58. The molecule has 0 spiro atoms. The highest BCUT2D eigenvalue weighted by molar-refractivity contribution is 8.01. The van der Waals surface area contributed by atoms with Crippen LogP contribution in [0.15, 0.2) is 0 Å². The summed E-state index contributed by atoms with van der Waals surface area (Å²) in [6.07, 6.45) is 8.74. The van der Waals surface area contributed by atoms with Gasteiger partial charge in [-0.2, -0.15) is 11.8 Å². The molecule has 90 valence electrons. The molecule has 3 unspecified atom stereocenters. The normalized spacial score (nSPS) is 40.2. The SMILES string of the molecule is CC(=O)OC1(C2CC3CCC2S3)CCCC1. The zero-order valence-electron chi connectivity index (χ0n) is 9.91. The molecule has 2 bridgehead atoms. The Morgan fingerprint density at radius 2 is 2.06 bits per heavy atom. The Kier molecular flexibility index (Phi) is 2.69. The van der Waals surface area contributed by atoms with Gasteiger partial charge in [0.15, 0.2) is 0 Å². The summed E-state index contributed by atoms with van der Waals surface area (Å²) in [6.45, 7) is 1.57. The topological polar surface area (TPSA) is 26.3 Å². The van der Waals surface area contributed by atoms with Gasteiger partial charge in [-0.1, -0.05) is 0 Å². The van der Waals surface area contributed by atoms with Crippen LogP contribution in [-0.4, -0.2) is 22.1 Å². The van der Waals surface area contributed by atoms with Gasteiger partial charge in [0.2, 0.25) is 0 Å². The number of hydrogen-bond acceptors (Lipinski definition) is 3. The van der Waals surface area contributed by atoms with E-state index in [2.05, 4.69) is 11.8 Å². The van der Waals surface area contributed by atoms with Crippen LogP contribution in [-0.2, 0) is 9.53 Å². The molecule has 2 nitrogen and oxygen atoms in total. The van der Waals surface area contributed by atoms with Crippen LogP contribution in [0.1, 0.15) is 51.9 Å². The maximum absolute atomic E-state index is 11.3. The smallest absolute Gasteiger partial charge is 0.303 e. The molecule has 3 rings (SSSR count). The number of carbonyl (C=O) groups is 1. The average Bonchev–Trinajstić information content (AvgIpc) is 2.89. The summed E-state index contributed by atoms with van der Waals surface area (Å²) in [4.78, 5) is 11.3.